The van der Waals surface area contributed by atoms with E-state index in [2.05, 4.69) is 34.3 Å². The normalized spacial score (nSPS) is 25.4. The first-order chi connectivity index (χ1) is 10.2. The maximum absolute atomic E-state index is 5.61. The van der Waals surface area contributed by atoms with Gasteiger partial charge >= 0.3 is 0 Å². The Morgan fingerprint density at radius 1 is 1.19 bits per heavy atom. The van der Waals surface area contributed by atoms with Crippen LogP contribution in [0.4, 0.5) is 5.82 Å². The molecule has 21 heavy (non-hydrogen) atoms. The number of aromatic nitrogens is 2. The van der Waals surface area contributed by atoms with Gasteiger partial charge in [0, 0.05) is 37.3 Å². The number of likely N-dealkylation sites (N-methyl/N-ethyl adjacent to an activating group) is 2. The van der Waals surface area contributed by atoms with E-state index in [0.29, 0.717) is 5.92 Å². The van der Waals surface area contributed by atoms with Crippen LogP contribution in [0.5, 0.6) is 0 Å². The Morgan fingerprint density at radius 3 is 2.67 bits per heavy atom. The summed E-state index contributed by atoms with van der Waals surface area (Å²) in [7, 11) is 4.31. The van der Waals surface area contributed by atoms with Crippen LogP contribution >= 0.6 is 0 Å². The predicted molar refractivity (Wildman–Crippen MR) is 83.9 cm³/mol. The zero-order valence-electron chi connectivity index (χ0n) is 13.0. The highest BCUT2D eigenvalue weighted by Crippen LogP contribution is 2.34. The second kappa shape index (κ2) is 6.25. The van der Waals surface area contributed by atoms with Gasteiger partial charge in [-0.25, -0.2) is 15.8 Å². The fourth-order valence-corrected chi connectivity index (χ4v) is 3.43. The van der Waals surface area contributed by atoms with Gasteiger partial charge in [0.2, 0.25) is 0 Å². The van der Waals surface area contributed by atoms with Crippen molar-refractivity contribution in [2.45, 2.75) is 37.6 Å². The monoisotopic (exact) mass is 290 g/mol. The van der Waals surface area contributed by atoms with Crippen LogP contribution in [0.1, 0.15) is 49.2 Å². The van der Waals surface area contributed by atoms with E-state index in [4.69, 9.17) is 10.8 Å². The predicted octanol–water partition coefficient (Wildman–Crippen LogP) is 1.34. The minimum Gasteiger partial charge on any atom is -0.308 e. The van der Waals surface area contributed by atoms with Gasteiger partial charge in [-0.2, -0.15) is 0 Å². The minimum absolute atomic E-state index is 0.247. The third kappa shape index (κ3) is 3.17. The molecule has 1 saturated heterocycles. The van der Waals surface area contributed by atoms with Gasteiger partial charge in [-0.05, 0) is 26.9 Å². The third-order valence-corrected chi connectivity index (χ3v) is 4.83. The first-order valence-corrected chi connectivity index (χ1v) is 7.91. The summed E-state index contributed by atoms with van der Waals surface area (Å²) in [5.74, 6) is 7.83. The molecule has 1 saturated carbocycles. The number of piperazine rings is 1. The molecule has 0 aromatic carbocycles. The van der Waals surface area contributed by atoms with Gasteiger partial charge in [0.05, 0.1) is 6.04 Å². The summed E-state index contributed by atoms with van der Waals surface area (Å²) in [6.07, 6.45) is 5.09. The molecule has 1 unspecified atom stereocenters. The molecule has 0 amide bonds. The average Bonchev–Trinajstić information content (AvgIpc) is 3.03. The number of hydrogen-bond donors (Lipinski definition) is 2. The van der Waals surface area contributed by atoms with Crippen molar-refractivity contribution in [2.24, 2.45) is 5.84 Å². The Bertz CT molecular complexity index is 485. The summed E-state index contributed by atoms with van der Waals surface area (Å²) < 4.78 is 0. The van der Waals surface area contributed by atoms with Gasteiger partial charge in [0.15, 0.2) is 0 Å². The number of hydrazine groups is 1. The van der Waals surface area contributed by atoms with Crippen molar-refractivity contribution in [3.63, 3.8) is 0 Å². The second-order valence-electron chi connectivity index (χ2n) is 6.42. The molecule has 6 nitrogen and oxygen atoms in total. The number of rotatable bonds is 3. The van der Waals surface area contributed by atoms with E-state index in [9.17, 15) is 0 Å². The summed E-state index contributed by atoms with van der Waals surface area (Å²) in [6.45, 7) is 3.11. The quantitative estimate of drug-likeness (QED) is 0.646. The molecule has 3 N–H and O–H groups in total. The van der Waals surface area contributed by atoms with Gasteiger partial charge < -0.3 is 10.3 Å². The summed E-state index contributed by atoms with van der Waals surface area (Å²) in [4.78, 5) is 14.2. The number of nitrogens with two attached hydrogens (primary N) is 1. The molecule has 0 radical (unpaired) electrons. The van der Waals surface area contributed by atoms with Crippen LogP contribution in [0.2, 0.25) is 0 Å². The molecule has 1 atom stereocenters. The van der Waals surface area contributed by atoms with E-state index < -0.39 is 0 Å². The topological polar surface area (TPSA) is 70.3 Å². The summed E-state index contributed by atoms with van der Waals surface area (Å²) in [5, 5.41) is 0. The molecule has 116 valence electrons. The van der Waals surface area contributed by atoms with Crippen LogP contribution < -0.4 is 11.3 Å². The van der Waals surface area contributed by atoms with Gasteiger partial charge in [-0.3, -0.25) is 4.90 Å². The molecular formula is C15H26N6. The molecule has 2 heterocycles. The second-order valence-corrected chi connectivity index (χ2v) is 6.42. The molecule has 3 rings (SSSR count). The SMILES string of the molecule is CN1CCN(C)C(c2nc(NN)cc(C3CCCC3)n2)C1. The first-order valence-electron chi connectivity index (χ1n) is 7.91. The fourth-order valence-electron chi connectivity index (χ4n) is 3.43. The average molecular weight is 290 g/mol. The Hall–Kier alpha value is -1.24. The molecule has 0 spiro atoms. The van der Waals surface area contributed by atoms with Crippen LogP contribution in [0.15, 0.2) is 6.07 Å². The standard InChI is InChI=1S/C15H26N6/c1-20-7-8-21(2)13(10-20)15-17-12(9-14(18-15)19-16)11-5-3-4-6-11/h9,11,13H,3-8,10,16H2,1-2H3,(H,17,18,19). The number of nitrogens with one attached hydrogen (secondary N) is 1. The molecular weight excluding hydrogens is 264 g/mol. The van der Waals surface area contributed by atoms with Crippen molar-refractivity contribution in [1.82, 2.24) is 19.8 Å². The highest BCUT2D eigenvalue weighted by atomic mass is 15.3. The lowest BCUT2D eigenvalue weighted by Crippen LogP contribution is -2.45. The van der Waals surface area contributed by atoms with Gasteiger partial charge in [0.1, 0.15) is 11.6 Å². The Morgan fingerprint density at radius 2 is 1.95 bits per heavy atom. The molecule has 1 aromatic heterocycles. The van der Waals surface area contributed by atoms with Crippen LogP contribution in [0.3, 0.4) is 0 Å². The van der Waals surface area contributed by atoms with Crippen LogP contribution in [-0.2, 0) is 0 Å². The smallest absolute Gasteiger partial charge is 0.149 e. The van der Waals surface area contributed by atoms with E-state index in [1.54, 1.807) is 0 Å². The Labute approximate surface area is 126 Å². The van der Waals surface area contributed by atoms with E-state index >= 15 is 0 Å². The minimum atomic E-state index is 0.247. The van der Waals surface area contributed by atoms with E-state index in [1.807, 2.05) is 6.07 Å². The molecule has 0 bridgehead atoms. The summed E-state index contributed by atoms with van der Waals surface area (Å²) >= 11 is 0. The van der Waals surface area contributed by atoms with Gasteiger partial charge in [-0.15, -0.1) is 0 Å². The summed E-state index contributed by atoms with van der Waals surface area (Å²) in [6, 6.07) is 2.27. The molecule has 6 heteroatoms. The number of hydrogen-bond acceptors (Lipinski definition) is 6. The van der Waals surface area contributed by atoms with Crippen LogP contribution in [-0.4, -0.2) is 53.5 Å². The molecule has 1 aliphatic carbocycles. The lowest BCUT2D eigenvalue weighted by Gasteiger charge is -2.36. The van der Waals surface area contributed by atoms with E-state index in [-0.39, 0.29) is 6.04 Å². The van der Waals surface area contributed by atoms with Crippen molar-refractivity contribution in [2.75, 3.05) is 39.2 Å². The zero-order chi connectivity index (χ0) is 14.8. The fraction of sp³-hybridized carbons (Fsp3) is 0.733. The number of nitrogen functional groups attached to an aromatic ring is 1. The lowest BCUT2D eigenvalue weighted by molar-refractivity contribution is 0.109. The third-order valence-electron chi connectivity index (χ3n) is 4.83. The highest BCUT2D eigenvalue weighted by molar-refractivity contribution is 5.36. The maximum atomic E-state index is 5.61. The van der Waals surface area contributed by atoms with Crippen molar-refractivity contribution >= 4 is 5.82 Å². The van der Waals surface area contributed by atoms with Crippen molar-refractivity contribution in [1.29, 1.82) is 0 Å². The number of nitrogens with zero attached hydrogens (tertiary/aromatic N) is 4. The molecule has 2 fully saturated rings. The largest absolute Gasteiger partial charge is 0.308 e. The van der Waals surface area contributed by atoms with Crippen molar-refractivity contribution in [3.8, 4) is 0 Å². The first kappa shape index (κ1) is 14.7. The Kier molecular flexibility index (Phi) is 4.37. The zero-order valence-corrected chi connectivity index (χ0v) is 13.0. The van der Waals surface area contributed by atoms with Crippen LogP contribution in [0, 0.1) is 0 Å². The van der Waals surface area contributed by atoms with E-state index in [0.717, 1.165) is 37.0 Å². The lowest BCUT2D eigenvalue weighted by atomic mass is 10.0. The Balaban J connectivity index is 1.91. The maximum Gasteiger partial charge on any atom is 0.149 e. The summed E-state index contributed by atoms with van der Waals surface area (Å²) in [5.41, 5.74) is 3.87. The van der Waals surface area contributed by atoms with E-state index in [1.165, 1.54) is 25.7 Å². The molecule has 1 aromatic rings. The molecule has 2 aliphatic rings. The van der Waals surface area contributed by atoms with Crippen LogP contribution in [0.25, 0.3) is 0 Å². The van der Waals surface area contributed by atoms with Gasteiger partial charge in [0.25, 0.3) is 0 Å². The number of anilines is 1. The highest BCUT2D eigenvalue weighted by Gasteiger charge is 2.28. The van der Waals surface area contributed by atoms with Crippen molar-refractivity contribution < 1.29 is 0 Å². The van der Waals surface area contributed by atoms with Gasteiger partial charge in [-0.1, -0.05) is 12.8 Å². The van der Waals surface area contributed by atoms with Crippen molar-refractivity contribution in [3.05, 3.63) is 17.6 Å². The molecule has 1 aliphatic heterocycles.